The van der Waals surface area contributed by atoms with E-state index in [-0.39, 0.29) is 12.4 Å². The van der Waals surface area contributed by atoms with Crippen molar-refractivity contribution >= 4 is 18.4 Å². The summed E-state index contributed by atoms with van der Waals surface area (Å²) in [5, 5.41) is 12.5. The number of nitrogens with one attached hydrogen (secondary N) is 1. The first-order valence-electron chi connectivity index (χ1n) is 5.67. The number of carbonyl (C=O) groups is 1. The molecule has 1 aliphatic heterocycles. The van der Waals surface area contributed by atoms with Gasteiger partial charge in [-0.1, -0.05) is 24.3 Å². The normalized spacial score (nSPS) is 23.1. The molecule has 0 radical (unpaired) electrons. The Labute approximate surface area is 108 Å². The largest absolute Gasteiger partial charge is 0.480 e. The highest BCUT2D eigenvalue weighted by atomic mass is 35.5. The second kappa shape index (κ2) is 5.52. The molecule has 1 aromatic carbocycles. The Hall–Kier alpha value is -1.06. The molecule has 2 N–H and O–H groups in total. The van der Waals surface area contributed by atoms with Crippen LogP contribution in [0.15, 0.2) is 24.3 Å². The highest BCUT2D eigenvalue weighted by Crippen LogP contribution is 2.25. The van der Waals surface area contributed by atoms with Gasteiger partial charge in [-0.15, -0.1) is 12.4 Å². The maximum absolute atomic E-state index is 11.4. The zero-order chi connectivity index (χ0) is 11.6. The van der Waals surface area contributed by atoms with Gasteiger partial charge >= 0.3 is 5.97 Å². The van der Waals surface area contributed by atoms with E-state index in [9.17, 15) is 9.90 Å². The number of hydrogen-bond acceptors (Lipinski definition) is 2. The molecular formula is C13H18ClNO2. The van der Waals surface area contributed by atoms with E-state index < -0.39 is 11.5 Å². The Bertz CT molecular complexity index is 400. The van der Waals surface area contributed by atoms with Crippen LogP contribution >= 0.6 is 12.4 Å². The molecule has 1 unspecified atom stereocenters. The van der Waals surface area contributed by atoms with E-state index in [0.717, 1.165) is 30.5 Å². The van der Waals surface area contributed by atoms with Crippen LogP contribution < -0.4 is 5.32 Å². The highest BCUT2D eigenvalue weighted by Gasteiger charge is 2.41. The van der Waals surface area contributed by atoms with Crippen molar-refractivity contribution in [1.82, 2.24) is 5.32 Å². The van der Waals surface area contributed by atoms with Crippen molar-refractivity contribution in [1.29, 1.82) is 0 Å². The van der Waals surface area contributed by atoms with E-state index in [2.05, 4.69) is 5.32 Å². The fourth-order valence-electron chi connectivity index (χ4n) is 2.35. The van der Waals surface area contributed by atoms with Crippen molar-refractivity contribution in [3.63, 3.8) is 0 Å². The molecule has 0 saturated carbocycles. The Morgan fingerprint density at radius 1 is 1.47 bits per heavy atom. The van der Waals surface area contributed by atoms with E-state index in [4.69, 9.17) is 0 Å². The average molecular weight is 256 g/mol. The predicted octanol–water partition coefficient (Wildman–Crippen LogP) is 2.17. The van der Waals surface area contributed by atoms with Gasteiger partial charge in [-0.3, -0.25) is 4.79 Å². The first kappa shape index (κ1) is 14.0. The van der Waals surface area contributed by atoms with Gasteiger partial charge in [0.1, 0.15) is 5.54 Å². The van der Waals surface area contributed by atoms with Gasteiger partial charge in [0, 0.05) is 6.42 Å². The average Bonchev–Trinajstić information content (AvgIpc) is 2.71. The number of aliphatic carboxylic acids is 1. The number of rotatable bonds is 3. The first-order chi connectivity index (χ1) is 7.64. The number of carboxylic acids is 1. The standard InChI is InChI=1S/C13H17NO2.ClH/c1-10-5-2-3-6-11(10)9-13(12(15)16)7-4-8-14-13;/h2-3,5-6,14H,4,7-9H2,1H3,(H,15,16);1H. The molecule has 1 fully saturated rings. The monoisotopic (exact) mass is 255 g/mol. The Morgan fingerprint density at radius 3 is 2.71 bits per heavy atom. The van der Waals surface area contributed by atoms with Gasteiger partial charge in [-0.2, -0.15) is 0 Å². The van der Waals surface area contributed by atoms with Crippen LogP contribution in [0.2, 0.25) is 0 Å². The summed E-state index contributed by atoms with van der Waals surface area (Å²) in [5.41, 5.74) is 1.54. The van der Waals surface area contributed by atoms with Crippen molar-refractivity contribution in [2.75, 3.05) is 6.54 Å². The smallest absolute Gasteiger partial charge is 0.324 e. The lowest BCUT2D eigenvalue weighted by molar-refractivity contribution is -0.144. The quantitative estimate of drug-likeness (QED) is 0.870. The van der Waals surface area contributed by atoms with Gasteiger partial charge in [0.15, 0.2) is 0 Å². The SMILES string of the molecule is Cc1ccccc1CC1(C(=O)O)CCCN1.Cl. The summed E-state index contributed by atoms with van der Waals surface area (Å²) < 4.78 is 0. The van der Waals surface area contributed by atoms with Crippen LogP contribution in [0.3, 0.4) is 0 Å². The van der Waals surface area contributed by atoms with Crippen LogP contribution in [-0.4, -0.2) is 23.2 Å². The van der Waals surface area contributed by atoms with E-state index in [1.165, 1.54) is 0 Å². The lowest BCUT2D eigenvalue weighted by Gasteiger charge is -2.25. The zero-order valence-electron chi connectivity index (χ0n) is 9.90. The summed E-state index contributed by atoms with van der Waals surface area (Å²) in [5.74, 6) is -0.728. The van der Waals surface area contributed by atoms with Gasteiger partial charge in [-0.05, 0) is 37.4 Å². The minimum absolute atomic E-state index is 0. The summed E-state index contributed by atoms with van der Waals surface area (Å²) in [6, 6.07) is 7.99. The second-order valence-electron chi connectivity index (χ2n) is 4.52. The van der Waals surface area contributed by atoms with E-state index >= 15 is 0 Å². The number of hydrogen-bond donors (Lipinski definition) is 2. The zero-order valence-corrected chi connectivity index (χ0v) is 10.7. The topological polar surface area (TPSA) is 49.3 Å². The van der Waals surface area contributed by atoms with Gasteiger partial charge in [0.25, 0.3) is 0 Å². The van der Waals surface area contributed by atoms with Crippen LogP contribution in [0.4, 0.5) is 0 Å². The molecule has 1 heterocycles. The summed E-state index contributed by atoms with van der Waals surface area (Å²) >= 11 is 0. The molecule has 0 amide bonds. The maximum Gasteiger partial charge on any atom is 0.324 e. The van der Waals surface area contributed by atoms with Gasteiger partial charge < -0.3 is 10.4 Å². The molecule has 1 aromatic rings. The van der Waals surface area contributed by atoms with E-state index in [0.29, 0.717) is 6.42 Å². The van der Waals surface area contributed by atoms with Crippen molar-refractivity contribution in [3.8, 4) is 0 Å². The third kappa shape index (κ3) is 2.79. The molecule has 4 heteroatoms. The number of carboxylic acid groups (broad SMARTS) is 1. The van der Waals surface area contributed by atoms with Crippen molar-refractivity contribution in [2.45, 2.75) is 31.7 Å². The van der Waals surface area contributed by atoms with Gasteiger partial charge in [0.2, 0.25) is 0 Å². The Kier molecular flexibility index (Phi) is 4.54. The number of halogens is 1. The minimum atomic E-state index is -0.744. The summed E-state index contributed by atoms with van der Waals surface area (Å²) in [7, 11) is 0. The third-order valence-electron chi connectivity index (χ3n) is 3.41. The van der Waals surface area contributed by atoms with Crippen molar-refractivity contribution in [2.24, 2.45) is 0 Å². The number of aryl methyl sites for hydroxylation is 1. The molecule has 1 saturated heterocycles. The molecule has 2 rings (SSSR count). The van der Waals surface area contributed by atoms with Crippen LogP contribution in [0.25, 0.3) is 0 Å². The van der Waals surface area contributed by atoms with Crippen molar-refractivity contribution in [3.05, 3.63) is 35.4 Å². The fourth-order valence-corrected chi connectivity index (χ4v) is 2.35. The first-order valence-corrected chi connectivity index (χ1v) is 5.67. The Balaban J connectivity index is 0.00000144. The minimum Gasteiger partial charge on any atom is -0.480 e. The molecule has 0 spiro atoms. The molecule has 0 bridgehead atoms. The lowest BCUT2D eigenvalue weighted by atomic mass is 9.88. The van der Waals surface area contributed by atoms with Gasteiger partial charge in [0.05, 0.1) is 0 Å². The van der Waals surface area contributed by atoms with E-state index in [1.807, 2.05) is 31.2 Å². The van der Waals surface area contributed by atoms with E-state index in [1.54, 1.807) is 0 Å². The molecule has 17 heavy (non-hydrogen) atoms. The fraction of sp³-hybridized carbons (Fsp3) is 0.462. The van der Waals surface area contributed by atoms with Crippen LogP contribution in [0.5, 0.6) is 0 Å². The molecule has 1 atom stereocenters. The summed E-state index contributed by atoms with van der Waals surface area (Å²) in [6.45, 7) is 2.83. The van der Waals surface area contributed by atoms with Gasteiger partial charge in [-0.25, -0.2) is 0 Å². The molecule has 0 aromatic heterocycles. The summed E-state index contributed by atoms with van der Waals surface area (Å²) in [4.78, 5) is 11.4. The molecule has 1 aliphatic rings. The highest BCUT2D eigenvalue weighted by molar-refractivity contribution is 5.85. The van der Waals surface area contributed by atoms with Crippen LogP contribution in [0.1, 0.15) is 24.0 Å². The Morgan fingerprint density at radius 2 is 2.18 bits per heavy atom. The maximum atomic E-state index is 11.4. The lowest BCUT2D eigenvalue weighted by Crippen LogP contribution is -2.49. The summed E-state index contributed by atoms with van der Waals surface area (Å²) in [6.07, 6.45) is 2.24. The molecule has 3 nitrogen and oxygen atoms in total. The predicted molar refractivity (Wildman–Crippen MR) is 69.7 cm³/mol. The molecule has 94 valence electrons. The third-order valence-corrected chi connectivity index (χ3v) is 3.41. The second-order valence-corrected chi connectivity index (χ2v) is 4.52. The van der Waals surface area contributed by atoms with Crippen LogP contribution in [-0.2, 0) is 11.2 Å². The van der Waals surface area contributed by atoms with Crippen molar-refractivity contribution < 1.29 is 9.90 Å². The molecule has 0 aliphatic carbocycles. The molecular weight excluding hydrogens is 238 g/mol. The van der Waals surface area contributed by atoms with Crippen LogP contribution in [0, 0.1) is 6.92 Å². The number of benzene rings is 1.